The third-order valence-electron chi connectivity index (χ3n) is 6.31. The summed E-state index contributed by atoms with van der Waals surface area (Å²) in [5.41, 5.74) is 2.22. The Balaban J connectivity index is 1.66. The van der Waals surface area contributed by atoms with Gasteiger partial charge >= 0.3 is 5.97 Å². The van der Waals surface area contributed by atoms with Gasteiger partial charge in [0.2, 0.25) is 6.79 Å². The number of rotatable bonds is 5. The lowest BCUT2D eigenvalue weighted by Gasteiger charge is -2.26. The first-order valence-corrected chi connectivity index (χ1v) is 12.8. The number of hydrogen-bond donors (Lipinski definition) is 1. The minimum absolute atomic E-state index is 0.0582. The molecular weight excluding hydrogens is 504 g/mol. The molecule has 0 fully saturated rings. The number of aromatic hydroxyl groups is 1. The standard InChI is InChI=1S/C29H22N2O6S/c1-2-35-28(34)24-25(17-8-4-3-5-9-17)30-29-31(26(24)19-12-13-21-22(14-19)37-16-36-21)27(33)23(38-29)15-18-10-6-7-11-20(18)32/h3-15,26,32H,2,16H2,1H3/b23-15+/t26-/m1/s1. The van der Waals surface area contributed by atoms with E-state index in [2.05, 4.69) is 0 Å². The molecule has 1 atom stereocenters. The molecule has 0 saturated carbocycles. The molecule has 0 radical (unpaired) electrons. The molecular formula is C29H22N2O6S. The van der Waals surface area contributed by atoms with Crippen molar-refractivity contribution in [2.24, 2.45) is 4.99 Å². The van der Waals surface area contributed by atoms with E-state index < -0.39 is 12.0 Å². The molecule has 0 amide bonds. The fraction of sp³-hybridized carbons (Fsp3) is 0.138. The zero-order chi connectivity index (χ0) is 26.2. The van der Waals surface area contributed by atoms with Crippen LogP contribution in [-0.2, 0) is 9.53 Å². The quantitative estimate of drug-likeness (QED) is 0.401. The molecule has 6 rings (SSSR count). The number of para-hydroxylation sites is 1. The van der Waals surface area contributed by atoms with Gasteiger partial charge in [0.25, 0.3) is 5.56 Å². The van der Waals surface area contributed by atoms with Gasteiger partial charge < -0.3 is 19.3 Å². The first kappa shape index (κ1) is 23.7. The molecule has 1 N–H and O–H groups in total. The largest absolute Gasteiger partial charge is 0.507 e. The molecule has 38 heavy (non-hydrogen) atoms. The normalized spacial score (nSPS) is 16.2. The van der Waals surface area contributed by atoms with E-state index in [9.17, 15) is 14.7 Å². The van der Waals surface area contributed by atoms with Crippen molar-refractivity contribution in [3.63, 3.8) is 0 Å². The molecule has 0 saturated heterocycles. The Bertz CT molecular complexity index is 1770. The average molecular weight is 527 g/mol. The number of fused-ring (bicyclic) bond motifs is 2. The van der Waals surface area contributed by atoms with Gasteiger partial charge in [-0.1, -0.05) is 65.9 Å². The number of esters is 1. The van der Waals surface area contributed by atoms with Crippen LogP contribution >= 0.6 is 11.3 Å². The molecule has 0 unspecified atom stereocenters. The molecule has 1 aromatic heterocycles. The average Bonchev–Trinajstić information content (AvgIpc) is 3.53. The van der Waals surface area contributed by atoms with E-state index >= 15 is 0 Å². The van der Waals surface area contributed by atoms with Crippen LogP contribution in [0.15, 0.2) is 88.2 Å². The monoisotopic (exact) mass is 526 g/mol. The summed E-state index contributed by atoms with van der Waals surface area (Å²) in [6, 6.07) is 20.6. The number of phenols is 1. The zero-order valence-electron chi connectivity index (χ0n) is 20.3. The van der Waals surface area contributed by atoms with Gasteiger partial charge in [0.1, 0.15) is 5.75 Å². The van der Waals surface area contributed by atoms with Crippen molar-refractivity contribution in [2.45, 2.75) is 13.0 Å². The Morgan fingerprint density at radius 3 is 2.66 bits per heavy atom. The number of benzene rings is 3. The van der Waals surface area contributed by atoms with E-state index in [0.717, 1.165) is 5.56 Å². The van der Waals surface area contributed by atoms with Gasteiger partial charge in [-0.25, -0.2) is 9.79 Å². The van der Waals surface area contributed by atoms with Crippen molar-refractivity contribution >= 4 is 29.1 Å². The van der Waals surface area contributed by atoms with Gasteiger partial charge in [-0.05, 0) is 36.8 Å². The minimum atomic E-state index is -0.832. The highest BCUT2D eigenvalue weighted by Gasteiger charge is 2.36. The first-order chi connectivity index (χ1) is 18.5. The van der Waals surface area contributed by atoms with Gasteiger partial charge in [0.05, 0.1) is 28.5 Å². The molecule has 0 spiro atoms. The summed E-state index contributed by atoms with van der Waals surface area (Å²) in [5.74, 6) is 0.613. The molecule has 0 bridgehead atoms. The maximum absolute atomic E-state index is 13.9. The van der Waals surface area contributed by atoms with Crippen molar-refractivity contribution in [1.29, 1.82) is 0 Å². The van der Waals surface area contributed by atoms with Crippen LogP contribution in [0, 0.1) is 0 Å². The second-order valence-corrected chi connectivity index (χ2v) is 9.61. The third kappa shape index (κ3) is 4.06. The summed E-state index contributed by atoms with van der Waals surface area (Å²) < 4.78 is 18.4. The fourth-order valence-corrected chi connectivity index (χ4v) is 5.58. The molecule has 9 heteroatoms. The molecule has 0 aliphatic carbocycles. The number of ether oxygens (including phenoxy) is 3. The Morgan fingerprint density at radius 1 is 1.11 bits per heavy atom. The SMILES string of the molecule is CCOC(=O)C1=C(c2ccccc2)N=c2s/c(=C/c3ccccc3O)c(=O)n2[C@@H]1c1ccc2c(c1)OCO2. The lowest BCUT2D eigenvalue weighted by molar-refractivity contribution is -0.138. The van der Waals surface area contributed by atoms with E-state index in [4.69, 9.17) is 19.2 Å². The van der Waals surface area contributed by atoms with E-state index in [1.54, 1.807) is 49.4 Å². The number of nitrogens with zero attached hydrogens (tertiary/aromatic N) is 2. The van der Waals surface area contributed by atoms with Gasteiger partial charge in [-0.3, -0.25) is 9.36 Å². The lowest BCUT2D eigenvalue weighted by Crippen LogP contribution is -2.40. The summed E-state index contributed by atoms with van der Waals surface area (Å²) in [6.07, 6.45) is 1.63. The van der Waals surface area contributed by atoms with Crippen LogP contribution in [0.25, 0.3) is 11.8 Å². The molecule has 3 aromatic carbocycles. The summed E-state index contributed by atoms with van der Waals surface area (Å²) in [7, 11) is 0. The van der Waals surface area contributed by atoms with Gasteiger partial charge in [0.15, 0.2) is 16.3 Å². The predicted octanol–water partition coefficient (Wildman–Crippen LogP) is 3.37. The van der Waals surface area contributed by atoms with E-state index in [1.807, 2.05) is 36.4 Å². The predicted molar refractivity (Wildman–Crippen MR) is 142 cm³/mol. The van der Waals surface area contributed by atoms with Crippen molar-refractivity contribution in [3.05, 3.63) is 115 Å². The van der Waals surface area contributed by atoms with Crippen molar-refractivity contribution < 1.29 is 24.1 Å². The van der Waals surface area contributed by atoms with Gasteiger partial charge in [0, 0.05) is 11.1 Å². The Morgan fingerprint density at radius 2 is 1.87 bits per heavy atom. The number of aromatic nitrogens is 1. The number of thiazole rings is 1. The van der Waals surface area contributed by atoms with Crippen LogP contribution < -0.4 is 24.4 Å². The topological polar surface area (TPSA) is 99.4 Å². The van der Waals surface area contributed by atoms with Crippen LogP contribution in [-0.4, -0.2) is 29.0 Å². The second kappa shape index (κ2) is 9.68. The number of phenolic OH excluding ortho intramolecular Hbond substituents is 1. The summed E-state index contributed by atoms with van der Waals surface area (Å²) in [6.45, 7) is 1.99. The van der Waals surface area contributed by atoms with Crippen molar-refractivity contribution in [1.82, 2.24) is 4.57 Å². The second-order valence-electron chi connectivity index (χ2n) is 8.60. The van der Waals surface area contributed by atoms with Crippen LogP contribution in [0.3, 0.4) is 0 Å². The first-order valence-electron chi connectivity index (χ1n) is 12.0. The maximum atomic E-state index is 13.9. The highest BCUT2D eigenvalue weighted by Crippen LogP contribution is 2.40. The third-order valence-corrected chi connectivity index (χ3v) is 7.29. The van der Waals surface area contributed by atoms with Crippen LogP contribution in [0.1, 0.15) is 29.7 Å². The van der Waals surface area contributed by atoms with E-state index in [1.165, 1.54) is 15.9 Å². The highest BCUT2D eigenvalue weighted by atomic mass is 32.1. The summed E-state index contributed by atoms with van der Waals surface area (Å²) >= 11 is 1.19. The molecule has 8 nitrogen and oxygen atoms in total. The van der Waals surface area contributed by atoms with E-state index in [-0.39, 0.29) is 30.3 Å². The summed E-state index contributed by atoms with van der Waals surface area (Å²) in [4.78, 5) is 32.6. The molecule has 3 heterocycles. The Kier molecular flexibility index (Phi) is 6.05. The minimum Gasteiger partial charge on any atom is -0.507 e. The molecule has 2 aliphatic heterocycles. The summed E-state index contributed by atoms with van der Waals surface area (Å²) in [5, 5.41) is 10.3. The lowest BCUT2D eigenvalue weighted by atomic mass is 9.93. The van der Waals surface area contributed by atoms with Crippen molar-refractivity contribution in [2.75, 3.05) is 13.4 Å². The molecule has 2 aliphatic rings. The van der Waals surface area contributed by atoms with Crippen LogP contribution in [0.4, 0.5) is 0 Å². The van der Waals surface area contributed by atoms with E-state index in [0.29, 0.717) is 37.7 Å². The smallest absolute Gasteiger partial charge is 0.338 e. The van der Waals surface area contributed by atoms with Crippen LogP contribution in [0.5, 0.6) is 17.2 Å². The number of carbonyl (C=O) groups excluding carboxylic acids is 1. The van der Waals surface area contributed by atoms with Gasteiger partial charge in [-0.15, -0.1) is 0 Å². The molecule has 190 valence electrons. The maximum Gasteiger partial charge on any atom is 0.338 e. The fourth-order valence-electron chi connectivity index (χ4n) is 4.59. The van der Waals surface area contributed by atoms with Gasteiger partial charge in [-0.2, -0.15) is 0 Å². The highest BCUT2D eigenvalue weighted by molar-refractivity contribution is 7.07. The molecule has 4 aromatic rings. The zero-order valence-corrected chi connectivity index (χ0v) is 21.1. The van der Waals surface area contributed by atoms with Crippen molar-refractivity contribution in [3.8, 4) is 17.2 Å². The number of carbonyl (C=O) groups is 1. The Hall–Kier alpha value is -4.63. The number of hydrogen-bond acceptors (Lipinski definition) is 8. The Labute approximate surface area is 221 Å². The van der Waals surface area contributed by atoms with Crippen LogP contribution in [0.2, 0.25) is 0 Å².